The summed E-state index contributed by atoms with van der Waals surface area (Å²) in [6.45, 7) is 2.26. The van der Waals surface area contributed by atoms with Crippen molar-refractivity contribution in [2.45, 2.75) is 32.2 Å². The lowest BCUT2D eigenvalue weighted by Gasteiger charge is -2.12. The van der Waals surface area contributed by atoms with Crippen molar-refractivity contribution in [3.63, 3.8) is 0 Å². The van der Waals surface area contributed by atoms with Gasteiger partial charge in [0.1, 0.15) is 0 Å². The van der Waals surface area contributed by atoms with E-state index < -0.39 is 0 Å². The van der Waals surface area contributed by atoms with Crippen LogP contribution in [-0.2, 0) is 4.79 Å². The first-order valence-electron chi connectivity index (χ1n) is 6.26. The lowest BCUT2D eigenvalue weighted by molar-refractivity contribution is -0.120. The Balaban J connectivity index is 1.70. The van der Waals surface area contributed by atoms with E-state index in [0.717, 1.165) is 12.8 Å². The van der Waals surface area contributed by atoms with Gasteiger partial charge in [-0.15, -0.1) is 11.3 Å². The predicted octanol–water partition coefficient (Wildman–Crippen LogP) is 1.78. The third-order valence-electron chi connectivity index (χ3n) is 3.21. The van der Waals surface area contributed by atoms with E-state index in [9.17, 15) is 9.59 Å². The van der Waals surface area contributed by atoms with Crippen molar-refractivity contribution in [2.24, 2.45) is 5.92 Å². The monoisotopic (exact) mass is 266 g/mol. The second-order valence-electron chi connectivity index (χ2n) is 4.84. The van der Waals surface area contributed by atoms with Crippen LogP contribution in [0.2, 0.25) is 0 Å². The van der Waals surface area contributed by atoms with Crippen LogP contribution in [0.1, 0.15) is 35.9 Å². The molecule has 1 aromatic heterocycles. The van der Waals surface area contributed by atoms with Crippen molar-refractivity contribution in [1.29, 1.82) is 0 Å². The first-order valence-corrected chi connectivity index (χ1v) is 7.14. The molecule has 0 aliphatic heterocycles. The zero-order valence-electron chi connectivity index (χ0n) is 10.4. The van der Waals surface area contributed by atoms with Crippen molar-refractivity contribution in [2.75, 3.05) is 6.54 Å². The maximum Gasteiger partial charge on any atom is 0.261 e. The number of thiophene rings is 1. The zero-order chi connectivity index (χ0) is 13.0. The third-order valence-corrected chi connectivity index (χ3v) is 4.08. The molecule has 0 bridgehead atoms. The molecule has 2 N–H and O–H groups in total. The summed E-state index contributed by atoms with van der Waals surface area (Å²) in [6, 6.07) is 3.85. The summed E-state index contributed by atoms with van der Waals surface area (Å²) in [5.41, 5.74) is 0. The van der Waals surface area contributed by atoms with Gasteiger partial charge in [0.05, 0.1) is 11.4 Å². The lowest BCUT2D eigenvalue weighted by Crippen LogP contribution is -2.40. The lowest BCUT2D eigenvalue weighted by atomic mass is 10.1. The summed E-state index contributed by atoms with van der Waals surface area (Å²) in [7, 11) is 0. The minimum atomic E-state index is -0.181. The van der Waals surface area contributed by atoms with Crippen molar-refractivity contribution in [3.8, 4) is 0 Å². The molecule has 1 aromatic rings. The zero-order valence-corrected chi connectivity index (χ0v) is 11.3. The van der Waals surface area contributed by atoms with Crippen LogP contribution >= 0.6 is 11.3 Å². The maximum atomic E-state index is 11.7. The summed E-state index contributed by atoms with van der Waals surface area (Å²) < 4.78 is 0. The molecular weight excluding hydrogens is 248 g/mol. The van der Waals surface area contributed by atoms with E-state index in [1.54, 1.807) is 6.07 Å². The predicted molar refractivity (Wildman–Crippen MR) is 71.6 cm³/mol. The fourth-order valence-corrected chi connectivity index (χ4v) is 2.91. The minimum Gasteiger partial charge on any atom is -0.352 e. The van der Waals surface area contributed by atoms with E-state index in [4.69, 9.17) is 0 Å². The van der Waals surface area contributed by atoms with Gasteiger partial charge in [0, 0.05) is 6.04 Å². The number of hydrogen-bond acceptors (Lipinski definition) is 3. The van der Waals surface area contributed by atoms with Gasteiger partial charge in [-0.1, -0.05) is 13.0 Å². The molecule has 1 saturated carbocycles. The highest BCUT2D eigenvalue weighted by Gasteiger charge is 2.22. The minimum absolute atomic E-state index is 0.0572. The van der Waals surface area contributed by atoms with Crippen LogP contribution in [0, 0.1) is 5.92 Å². The molecule has 5 heteroatoms. The highest BCUT2D eigenvalue weighted by atomic mass is 32.1. The Morgan fingerprint density at radius 1 is 1.44 bits per heavy atom. The average molecular weight is 266 g/mol. The van der Waals surface area contributed by atoms with Crippen molar-refractivity contribution < 1.29 is 9.59 Å². The summed E-state index contributed by atoms with van der Waals surface area (Å²) in [6.07, 6.45) is 3.27. The SMILES string of the molecule is CC1CCC(NC(=O)CNC(=O)c2cccs2)C1. The fraction of sp³-hybridized carbons (Fsp3) is 0.538. The molecule has 2 amide bonds. The van der Waals surface area contributed by atoms with Gasteiger partial charge < -0.3 is 10.6 Å². The Bertz CT molecular complexity index is 417. The van der Waals surface area contributed by atoms with Gasteiger partial charge in [-0.3, -0.25) is 9.59 Å². The fourth-order valence-electron chi connectivity index (χ4n) is 2.27. The molecule has 1 aliphatic rings. The molecule has 18 heavy (non-hydrogen) atoms. The molecule has 2 unspecified atom stereocenters. The van der Waals surface area contributed by atoms with Crippen LogP contribution < -0.4 is 10.6 Å². The van der Waals surface area contributed by atoms with Crippen LogP contribution in [0.5, 0.6) is 0 Å². The molecule has 2 rings (SSSR count). The van der Waals surface area contributed by atoms with E-state index in [-0.39, 0.29) is 24.4 Å². The first-order chi connectivity index (χ1) is 8.65. The van der Waals surface area contributed by atoms with Crippen LogP contribution in [0.4, 0.5) is 0 Å². The Labute approximate surface area is 111 Å². The molecule has 0 spiro atoms. The molecule has 2 atom stereocenters. The van der Waals surface area contributed by atoms with E-state index in [1.165, 1.54) is 17.8 Å². The summed E-state index contributed by atoms with van der Waals surface area (Å²) in [5.74, 6) is 0.412. The van der Waals surface area contributed by atoms with Crippen molar-refractivity contribution >= 4 is 23.2 Å². The highest BCUT2D eigenvalue weighted by molar-refractivity contribution is 7.12. The number of carbonyl (C=O) groups excluding carboxylic acids is 2. The number of carbonyl (C=O) groups is 2. The molecule has 1 aliphatic carbocycles. The van der Waals surface area contributed by atoms with E-state index in [1.807, 2.05) is 11.4 Å². The molecular formula is C13H18N2O2S. The first kappa shape index (κ1) is 13.1. The number of rotatable bonds is 4. The molecule has 1 fully saturated rings. The van der Waals surface area contributed by atoms with Crippen molar-refractivity contribution in [3.05, 3.63) is 22.4 Å². The Hall–Kier alpha value is -1.36. The molecule has 0 saturated heterocycles. The van der Waals surface area contributed by atoms with Gasteiger partial charge in [0.2, 0.25) is 5.91 Å². The Morgan fingerprint density at radius 3 is 2.89 bits per heavy atom. The number of nitrogens with one attached hydrogen (secondary N) is 2. The van der Waals surface area contributed by atoms with Gasteiger partial charge in [-0.05, 0) is 36.6 Å². The van der Waals surface area contributed by atoms with Gasteiger partial charge in [-0.2, -0.15) is 0 Å². The van der Waals surface area contributed by atoms with Gasteiger partial charge in [0.25, 0.3) is 5.91 Å². The summed E-state index contributed by atoms with van der Waals surface area (Å²) in [4.78, 5) is 23.9. The Morgan fingerprint density at radius 2 is 2.28 bits per heavy atom. The number of amides is 2. The largest absolute Gasteiger partial charge is 0.352 e. The summed E-state index contributed by atoms with van der Waals surface area (Å²) in [5, 5.41) is 7.43. The van der Waals surface area contributed by atoms with Gasteiger partial charge in [0.15, 0.2) is 0 Å². The molecule has 1 heterocycles. The van der Waals surface area contributed by atoms with Crippen LogP contribution in [-0.4, -0.2) is 24.4 Å². The van der Waals surface area contributed by atoms with Crippen LogP contribution in [0.3, 0.4) is 0 Å². The van der Waals surface area contributed by atoms with Gasteiger partial charge >= 0.3 is 0 Å². The van der Waals surface area contributed by atoms with Gasteiger partial charge in [-0.25, -0.2) is 0 Å². The highest BCUT2D eigenvalue weighted by Crippen LogP contribution is 2.24. The van der Waals surface area contributed by atoms with Crippen LogP contribution in [0.15, 0.2) is 17.5 Å². The molecule has 0 aromatic carbocycles. The summed E-state index contributed by atoms with van der Waals surface area (Å²) >= 11 is 1.37. The standard InChI is InChI=1S/C13H18N2O2S/c1-9-4-5-10(7-9)15-12(16)8-14-13(17)11-3-2-6-18-11/h2-3,6,9-10H,4-5,7-8H2,1H3,(H,14,17)(H,15,16). The Kier molecular flexibility index (Phi) is 4.36. The second-order valence-corrected chi connectivity index (χ2v) is 5.79. The van der Waals surface area contributed by atoms with Crippen LogP contribution in [0.25, 0.3) is 0 Å². The second kappa shape index (κ2) is 6.00. The van der Waals surface area contributed by atoms with Crippen molar-refractivity contribution in [1.82, 2.24) is 10.6 Å². The van der Waals surface area contributed by atoms with E-state index >= 15 is 0 Å². The van der Waals surface area contributed by atoms with E-state index in [2.05, 4.69) is 17.6 Å². The van der Waals surface area contributed by atoms with E-state index in [0.29, 0.717) is 10.8 Å². The maximum absolute atomic E-state index is 11.7. The molecule has 98 valence electrons. The normalized spacial score (nSPS) is 22.7. The average Bonchev–Trinajstić information content (AvgIpc) is 2.97. The molecule has 0 radical (unpaired) electrons. The number of hydrogen-bond donors (Lipinski definition) is 2. The third kappa shape index (κ3) is 3.57. The quantitative estimate of drug-likeness (QED) is 0.873. The topological polar surface area (TPSA) is 58.2 Å². The smallest absolute Gasteiger partial charge is 0.261 e. The molecule has 4 nitrogen and oxygen atoms in total.